The molecule has 7 nitrogen and oxygen atoms in total. The number of hydrogen-bond acceptors (Lipinski definition) is 5. The zero-order valence-corrected chi connectivity index (χ0v) is 9.11. The number of rotatable bonds is 5. The Morgan fingerprint density at radius 1 is 1.53 bits per heavy atom. The van der Waals surface area contributed by atoms with E-state index in [0.717, 1.165) is 7.11 Å². The molecule has 0 spiro atoms. The summed E-state index contributed by atoms with van der Waals surface area (Å²) < 4.78 is 0. The number of pyridine rings is 1. The SMILES string of the molecule is CON(C(=O)c1ccccn1)C(CO)C(=O)O. The number of aromatic nitrogens is 1. The maximum absolute atomic E-state index is 11.8. The number of carboxylic acids is 1. The molecule has 0 fully saturated rings. The lowest BCUT2D eigenvalue weighted by atomic mass is 10.2. The van der Waals surface area contributed by atoms with Crippen molar-refractivity contribution in [1.82, 2.24) is 10.0 Å². The number of aliphatic hydroxyl groups excluding tert-OH is 1. The Morgan fingerprint density at radius 3 is 2.65 bits per heavy atom. The third-order valence-electron chi connectivity index (χ3n) is 2.02. The van der Waals surface area contributed by atoms with Crippen molar-refractivity contribution in [1.29, 1.82) is 0 Å². The fourth-order valence-corrected chi connectivity index (χ4v) is 1.21. The van der Waals surface area contributed by atoms with Gasteiger partial charge in [0.2, 0.25) is 0 Å². The van der Waals surface area contributed by atoms with Crippen LogP contribution in [0, 0.1) is 0 Å². The topological polar surface area (TPSA) is 100.0 Å². The van der Waals surface area contributed by atoms with Crippen molar-refractivity contribution >= 4 is 11.9 Å². The van der Waals surface area contributed by atoms with Crippen LogP contribution in [-0.4, -0.2) is 51.9 Å². The number of aliphatic hydroxyl groups is 1. The van der Waals surface area contributed by atoms with Gasteiger partial charge in [0.1, 0.15) is 5.69 Å². The monoisotopic (exact) mass is 240 g/mol. The smallest absolute Gasteiger partial charge is 0.331 e. The van der Waals surface area contributed by atoms with Gasteiger partial charge in [0.05, 0.1) is 13.7 Å². The van der Waals surface area contributed by atoms with Crippen molar-refractivity contribution < 1.29 is 24.6 Å². The molecule has 0 aliphatic heterocycles. The second-order valence-corrected chi connectivity index (χ2v) is 3.07. The van der Waals surface area contributed by atoms with Crippen LogP contribution in [0.3, 0.4) is 0 Å². The summed E-state index contributed by atoms with van der Waals surface area (Å²) in [6.07, 6.45) is 1.40. The molecule has 1 heterocycles. The van der Waals surface area contributed by atoms with E-state index in [9.17, 15) is 9.59 Å². The lowest BCUT2D eigenvalue weighted by Crippen LogP contribution is -2.46. The zero-order valence-electron chi connectivity index (χ0n) is 9.11. The minimum absolute atomic E-state index is 0.0362. The van der Waals surface area contributed by atoms with Gasteiger partial charge in [-0.25, -0.2) is 4.79 Å². The Kier molecular flexibility index (Phi) is 4.56. The van der Waals surface area contributed by atoms with E-state index in [-0.39, 0.29) is 5.69 Å². The van der Waals surface area contributed by atoms with Crippen LogP contribution in [0.1, 0.15) is 10.5 Å². The molecule has 0 saturated carbocycles. The minimum atomic E-state index is -1.46. The first-order chi connectivity index (χ1) is 8.11. The van der Waals surface area contributed by atoms with Crippen molar-refractivity contribution in [2.24, 2.45) is 0 Å². The number of carbonyl (C=O) groups is 2. The molecule has 92 valence electrons. The maximum Gasteiger partial charge on any atom is 0.331 e. The molecule has 7 heteroatoms. The highest BCUT2D eigenvalue weighted by atomic mass is 16.7. The summed E-state index contributed by atoms with van der Waals surface area (Å²) in [7, 11) is 1.15. The number of carbonyl (C=O) groups excluding carboxylic acids is 1. The highest BCUT2D eigenvalue weighted by Gasteiger charge is 2.30. The third-order valence-corrected chi connectivity index (χ3v) is 2.02. The highest BCUT2D eigenvalue weighted by Crippen LogP contribution is 2.06. The molecule has 0 aliphatic rings. The summed E-state index contributed by atoms with van der Waals surface area (Å²) in [5.74, 6) is -2.09. The van der Waals surface area contributed by atoms with Crippen LogP contribution in [0.15, 0.2) is 24.4 Å². The molecular formula is C10H12N2O5. The molecule has 1 unspecified atom stereocenters. The van der Waals surface area contributed by atoms with Crippen LogP contribution in [0.4, 0.5) is 0 Å². The predicted octanol–water partition coefficient (Wildman–Crippen LogP) is -0.469. The van der Waals surface area contributed by atoms with E-state index < -0.39 is 24.5 Å². The molecule has 0 aliphatic carbocycles. The van der Waals surface area contributed by atoms with Crippen molar-refractivity contribution in [3.05, 3.63) is 30.1 Å². The van der Waals surface area contributed by atoms with E-state index in [4.69, 9.17) is 10.2 Å². The Labute approximate surface area is 97.2 Å². The van der Waals surface area contributed by atoms with Gasteiger partial charge in [-0.3, -0.25) is 14.6 Å². The van der Waals surface area contributed by atoms with Gasteiger partial charge in [-0.05, 0) is 12.1 Å². The quantitative estimate of drug-likeness (QED) is 0.675. The Morgan fingerprint density at radius 2 is 2.24 bits per heavy atom. The van der Waals surface area contributed by atoms with Gasteiger partial charge >= 0.3 is 5.97 Å². The van der Waals surface area contributed by atoms with Gasteiger partial charge in [0.15, 0.2) is 6.04 Å². The minimum Gasteiger partial charge on any atom is -0.480 e. The molecule has 17 heavy (non-hydrogen) atoms. The fraction of sp³-hybridized carbons (Fsp3) is 0.300. The van der Waals surface area contributed by atoms with Gasteiger partial charge in [-0.15, -0.1) is 0 Å². The molecule has 0 bridgehead atoms. The third kappa shape index (κ3) is 2.99. The predicted molar refractivity (Wildman–Crippen MR) is 55.9 cm³/mol. The van der Waals surface area contributed by atoms with Crippen molar-refractivity contribution in [3.8, 4) is 0 Å². The lowest BCUT2D eigenvalue weighted by molar-refractivity contribution is -0.170. The van der Waals surface area contributed by atoms with Crippen molar-refractivity contribution in [2.45, 2.75) is 6.04 Å². The molecule has 0 radical (unpaired) electrons. The summed E-state index contributed by atoms with van der Waals surface area (Å²) in [6, 6.07) is 3.16. The number of carboxylic acid groups (broad SMARTS) is 1. The maximum atomic E-state index is 11.8. The number of aliphatic carboxylic acids is 1. The summed E-state index contributed by atoms with van der Waals surface area (Å²) in [4.78, 5) is 31.1. The van der Waals surface area contributed by atoms with Crippen LogP contribution in [0.2, 0.25) is 0 Å². The van der Waals surface area contributed by atoms with Crippen LogP contribution in [0.5, 0.6) is 0 Å². The van der Waals surface area contributed by atoms with Crippen LogP contribution in [-0.2, 0) is 9.63 Å². The molecular weight excluding hydrogens is 228 g/mol. The van der Waals surface area contributed by atoms with Gasteiger partial charge in [-0.2, -0.15) is 5.06 Å². The van der Waals surface area contributed by atoms with E-state index in [1.807, 2.05) is 0 Å². The second kappa shape index (κ2) is 5.92. The zero-order chi connectivity index (χ0) is 12.8. The standard InChI is InChI=1S/C10H12N2O5/c1-17-12(8(6-13)10(15)16)9(14)7-4-2-3-5-11-7/h2-5,8,13H,6H2,1H3,(H,15,16). The van der Waals surface area contributed by atoms with Gasteiger partial charge in [0.25, 0.3) is 5.91 Å². The summed E-state index contributed by atoms with van der Waals surface area (Å²) in [6.45, 7) is -0.748. The first-order valence-corrected chi connectivity index (χ1v) is 4.74. The highest BCUT2D eigenvalue weighted by molar-refractivity contribution is 5.94. The van der Waals surface area contributed by atoms with Gasteiger partial charge in [-0.1, -0.05) is 6.07 Å². The first kappa shape index (κ1) is 13.1. The molecule has 0 saturated heterocycles. The molecule has 1 atom stereocenters. The van der Waals surface area contributed by atoms with Crippen LogP contribution < -0.4 is 0 Å². The summed E-state index contributed by atoms with van der Waals surface area (Å²) >= 11 is 0. The largest absolute Gasteiger partial charge is 0.480 e. The van der Waals surface area contributed by atoms with Crippen molar-refractivity contribution in [2.75, 3.05) is 13.7 Å². The first-order valence-electron chi connectivity index (χ1n) is 4.74. The number of nitrogens with zero attached hydrogens (tertiary/aromatic N) is 2. The average molecular weight is 240 g/mol. The van der Waals surface area contributed by atoms with E-state index in [2.05, 4.69) is 9.82 Å². The summed E-state index contributed by atoms with van der Waals surface area (Å²) in [5, 5.41) is 18.3. The van der Waals surface area contributed by atoms with E-state index >= 15 is 0 Å². The molecule has 2 N–H and O–H groups in total. The molecule has 1 aromatic rings. The van der Waals surface area contributed by atoms with Gasteiger partial charge in [0, 0.05) is 6.20 Å². The number of hydroxylamine groups is 2. The normalized spacial score (nSPS) is 11.9. The Bertz CT molecular complexity index is 395. The van der Waals surface area contributed by atoms with Crippen LogP contribution >= 0.6 is 0 Å². The fourth-order valence-electron chi connectivity index (χ4n) is 1.21. The second-order valence-electron chi connectivity index (χ2n) is 3.07. The Hall–Kier alpha value is -1.99. The molecule has 0 aromatic carbocycles. The van der Waals surface area contributed by atoms with E-state index in [0.29, 0.717) is 5.06 Å². The Balaban J connectivity index is 2.95. The van der Waals surface area contributed by atoms with E-state index in [1.165, 1.54) is 12.3 Å². The number of hydrogen-bond donors (Lipinski definition) is 2. The summed E-state index contributed by atoms with van der Waals surface area (Å²) in [5.41, 5.74) is 0.0362. The molecule has 1 amide bonds. The van der Waals surface area contributed by atoms with Crippen LogP contribution in [0.25, 0.3) is 0 Å². The van der Waals surface area contributed by atoms with Crippen molar-refractivity contribution in [3.63, 3.8) is 0 Å². The lowest BCUT2D eigenvalue weighted by Gasteiger charge is -2.24. The van der Waals surface area contributed by atoms with E-state index in [1.54, 1.807) is 12.1 Å². The average Bonchev–Trinajstić information content (AvgIpc) is 2.35. The molecule has 1 rings (SSSR count). The van der Waals surface area contributed by atoms with Gasteiger partial charge < -0.3 is 10.2 Å². The number of amides is 1. The molecule has 1 aromatic heterocycles.